The lowest BCUT2D eigenvalue weighted by Crippen LogP contribution is -2.50. The maximum atomic E-state index is 13.1. The zero-order chi connectivity index (χ0) is 19.7. The summed E-state index contributed by atoms with van der Waals surface area (Å²) in [4.78, 5) is 13.1. The number of rotatable bonds is 4. The largest absolute Gasteiger partial charge is 0.490 e. The molecule has 0 saturated carbocycles. The minimum atomic E-state index is -4.48. The number of alkyl halides is 3. The van der Waals surface area contributed by atoms with Crippen molar-refractivity contribution >= 4 is 12.0 Å². The second kappa shape index (κ2) is 7.16. The third-order valence-electron chi connectivity index (χ3n) is 4.64. The topological polar surface area (TPSA) is 83.4 Å². The number of hydrazone groups is 1. The first-order chi connectivity index (χ1) is 12.7. The van der Waals surface area contributed by atoms with Gasteiger partial charge in [-0.05, 0) is 12.1 Å². The Morgan fingerprint density at radius 2 is 2.07 bits per heavy atom. The Balaban J connectivity index is 1.59. The molecule has 3 rings (SSSR count). The van der Waals surface area contributed by atoms with Crippen LogP contribution in [0.3, 0.4) is 0 Å². The summed E-state index contributed by atoms with van der Waals surface area (Å²) in [6.45, 7) is 2.52. The van der Waals surface area contributed by atoms with E-state index in [0.717, 1.165) is 6.07 Å². The highest BCUT2D eigenvalue weighted by atomic mass is 19.4. The van der Waals surface area contributed by atoms with Crippen molar-refractivity contribution < 1.29 is 32.5 Å². The van der Waals surface area contributed by atoms with Gasteiger partial charge in [0.25, 0.3) is 5.72 Å². The minimum absolute atomic E-state index is 0.174. The number of likely N-dealkylation sites (tertiary alicyclic amines) is 1. The number of carboxylic acids is 1. The summed E-state index contributed by atoms with van der Waals surface area (Å²) in [5.74, 6) is -1.35. The summed E-state index contributed by atoms with van der Waals surface area (Å²) in [7, 11) is 0. The van der Waals surface area contributed by atoms with E-state index in [0.29, 0.717) is 25.9 Å². The van der Waals surface area contributed by atoms with Gasteiger partial charge in [-0.3, -0.25) is 5.43 Å². The van der Waals surface area contributed by atoms with E-state index in [-0.39, 0.29) is 24.3 Å². The maximum absolute atomic E-state index is 13.1. The van der Waals surface area contributed by atoms with E-state index >= 15 is 0 Å². The summed E-state index contributed by atoms with van der Waals surface area (Å²) in [5.41, 5.74) is 0.138. The fourth-order valence-corrected chi connectivity index (χ4v) is 3.02. The molecule has 1 aromatic rings. The fraction of sp³-hybridized carbons (Fsp3) is 0.529. The van der Waals surface area contributed by atoms with Crippen molar-refractivity contribution in [2.75, 3.05) is 13.1 Å². The molecule has 2 aliphatic rings. The van der Waals surface area contributed by atoms with Crippen LogP contribution in [0.4, 0.5) is 13.2 Å². The average molecular weight is 387 g/mol. The number of nitrogens with zero attached hydrogens (tertiary/aromatic N) is 2. The first-order valence-corrected chi connectivity index (χ1v) is 8.60. The molecule has 1 unspecified atom stereocenters. The average Bonchev–Trinajstić information content (AvgIpc) is 3.08. The third-order valence-corrected chi connectivity index (χ3v) is 4.64. The Morgan fingerprint density at radius 3 is 2.63 bits per heavy atom. The van der Waals surface area contributed by atoms with E-state index in [9.17, 15) is 23.1 Å². The van der Waals surface area contributed by atoms with Gasteiger partial charge in [-0.2, -0.15) is 13.2 Å². The highest BCUT2D eigenvalue weighted by Gasteiger charge is 2.46. The van der Waals surface area contributed by atoms with Gasteiger partial charge in [-0.15, -0.1) is 5.10 Å². The van der Waals surface area contributed by atoms with Gasteiger partial charge in [0.1, 0.15) is 11.9 Å². The van der Waals surface area contributed by atoms with Gasteiger partial charge in [-0.1, -0.05) is 19.1 Å². The van der Waals surface area contributed by atoms with Crippen LogP contribution in [-0.2, 0) is 15.7 Å². The number of para-hydroxylation sites is 1. The summed E-state index contributed by atoms with van der Waals surface area (Å²) in [5, 5.41) is 13.2. The molecule has 2 heterocycles. The second-order valence-electron chi connectivity index (χ2n) is 6.39. The number of carbonyl (C=O) groups is 1. The monoisotopic (exact) mass is 387 g/mol. The number of ether oxygens (including phenoxy) is 2. The molecule has 7 nitrogen and oxygen atoms in total. The number of hydrogen-bond acceptors (Lipinski definition) is 6. The van der Waals surface area contributed by atoms with Crippen LogP contribution in [0.5, 0.6) is 5.75 Å². The molecule has 1 aromatic carbocycles. The van der Waals surface area contributed by atoms with Crippen molar-refractivity contribution in [3.05, 3.63) is 29.8 Å². The van der Waals surface area contributed by atoms with Crippen LogP contribution in [-0.4, -0.2) is 46.9 Å². The first kappa shape index (κ1) is 19.1. The summed E-state index contributed by atoms with van der Waals surface area (Å²) in [6.07, 6.45) is -3.75. The lowest BCUT2D eigenvalue weighted by atomic mass is 10.1. The molecule has 1 saturated heterocycles. The van der Waals surface area contributed by atoms with Crippen LogP contribution in [0, 0.1) is 0 Å². The Morgan fingerprint density at radius 1 is 1.41 bits per heavy atom. The normalized spacial score (nSPS) is 23.4. The molecule has 2 aliphatic heterocycles. The highest BCUT2D eigenvalue weighted by Crippen LogP contribution is 2.37. The summed E-state index contributed by atoms with van der Waals surface area (Å²) < 4.78 is 50.3. The third kappa shape index (κ3) is 3.88. The van der Waals surface area contributed by atoms with Crippen LogP contribution < -0.4 is 10.2 Å². The van der Waals surface area contributed by atoms with Crippen molar-refractivity contribution in [3.63, 3.8) is 0 Å². The van der Waals surface area contributed by atoms with Crippen LogP contribution in [0.25, 0.3) is 0 Å². The van der Waals surface area contributed by atoms with E-state index in [1.165, 1.54) is 18.2 Å². The summed E-state index contributed by atoms with van der Waals surface area (Å²) >= 11 is 0. The number of piperidine rings is 1. The van der Waals surface area contributed by atoms with Gasteiger partial charge in [0.2, 0.25) is 0 Å². The van der Waals surface area contributed by atoms with Crippen LogP contribution in [0.2, 0.25) is 0 Å². The van der Waals surface area contributed by atoms with Crippen molar-refractivity contribution in [1.82, 2.24) is 10.3 Å². The molecular formula is C17H20F3N3O4. The zero-order valence-corrected chi connectivity index (χ0v) is 14.6. The molecule has 0 aliphatic carbocycles. The van der Waals surface area contributed by atoms with E-state index in [2.05, 4.69) is 10.5 Å². The fourth-order valence-electron chi connectivity index (χ4n) is 3.02. The Labute approximate surface area is 153 Å². The molecule has 10 heteroatoms. The van der Waals surface area contributed by atoms with Crippen molar-refractivity contribution in [1.29, 1.82) is 0 Å². The number of nitrogens with one attached hydrogen (secondary N) is 1. The van der Waals surface area contributed by atoms with E-state index < -0.39 is 23.4 Å². The SMILES string of the molecule is CCC1(C(=O)O)NN=C(N2CCC(Oc3ccccc3C(F)(F)F)CC2)O1. The molecule has 0 aromatic heterocycles. The van der Waals surface area contributed by atoms with E-state index in [1.807, 2.05) is 0 Å². The number of amidine groups is 1. The second-order valence-corrected chi connectivity index (χ2v) is 6.39. The van der Waals surface area contributed by atoms with Gasteiger partial charge >= 0.3 is 18.2 Å². The molecule has 0 amide bonds. The van der Waals surface area contributed by atoms with Crippen molar-refractivity contribution in [2.45, 2.75) is 44.2 Å². The molecule has 0 bridgehead atoms. The molecule has 1 fully saturated rings. The van der Waals surface area contributed by atoms with Crippen LogP contribution in [0.1, 0.15) is 31.7 Å². The van der Waals surface area contributed by atoms with Gasteiger partial charge in [-0.25, -0.2) is 4.79 Å². The summed E-state index contributed by atoms with van der Waals surface area (Å²) in [6, 6.07) is 5.30. The van der Waals surface area contributed by atoms with Crippen molar-refractivity contribution in [2.24, 2.45) is 5.10 Å². The smallest absolute Gasteiger partial charge is 0.419 e. The molecule has 0 spiro atoms. The minimum Gasteiger partial charge on any atom is -0.490 e. The number of carboxylic acid groups (broad SMARTS) is 1. The zero-order valence-electron chi connectivity index (χ0n) is 14.6. The van der Waals surface area contributed by atoms with Crippen LogP contribution in [0.15, 0.2) is 29.4 Å². The number of aliphatic carboxylic acids is 1. The highest BCUT2D eigenvalue weighted by molar-refractivity contribution is 5.85. The van der Waals surface area contributed by atoms with Crippen LogP contribution >= 0.6 is 0 Å². The van der Waals surface area contributed by atoms with E-state index in [1.54, 1.807) is 11.8 Å². The molecule has 2 N–H and O–H groups in total. The Hall–Kier alpha value is -2.65. The predicted octanol–water partition coefficient (Wildman–Crippen LogP) is 2.63. The van der Waals surface area contributed by atoms with Gasteiger partial charge in [0, 0.05) is 32.4 Å². The van der Waals surface area contributed by atoms with Gasteiger partial charge < -0.3 is 19.5 Å². The van der Waals surface area contributed by atoms with Gasteiger partial charge in [0.15, 0.2) is 0 Å². The maximum Gasteiger partial charge on any atom is 0.419 e. The Bertz CT molecular complexity index is 732. The van der Waals surface area contributed by atoms with Crippen molar-refractivity contribution in [3.8, 4) is 5.75 Å². The van der Waals surface area contributed by atoms with Gasteiger partial charge in [0.05, 0.1) is 5.56 Å². The predicted molar refractivity (Wildman–Crippen MR) is 89.0 cm³/mol. The number of halogens is 3. The number of benzene rings is 1. The lowest BCUT2D eigenvalue weighted by Gasteiger charge is -2.33. The standard InChI is InChI=1S/C17H20F3N3O4/c1-2-16(14(24)25)22-21-15(27-16)23-9-7-11(8-10-23)26-13-6-4-3-5-12(13)17(18,19)20/h3-6,11,22H,2,7-10H2,1H3,(H,24,25). The molecule has 27 heavy (non-hydrogen) atoms. The molecule has 0 radical (unpaired) electrons. The Kier molecular flexibility index (Phi) is 5.07. The first-order valence-electron chi connectivity index (χ1n) is 8.60. The van der Waals surface area contributed by atoms with E-state index in [4.69, 9.17) is 9.47 Å². The lowest BCUT2D eigenvalue weighted by molar-refractivity contribution is -0.159. The number of hydrogen-bond donors (Lipinski definition) is 2. The molecule has 148 valence electrons. The quantitative estimate of drug-likeness (QED) is 0.827. The molecule has 1 atom stereocenters. The molecular weight excluding hydrogens is 367 g/mol.